The third-order valence-corrected chi connectivity index (χ3v) is 4.65. The molecule has 0 spiro atoms. The average molecular weight is 267 g/mol. The molecule has 2 nitrogen and oxygen atoms in total. The van der Waals surface area contributed by atoms with Crippen LogP contribution in [0, 0.1) is 5.41 Å². The van der Waals surface area contributed by atoms with Crippen LogP contribution in [0.2, 0.25) is 0 Å². The standard InChI is InChI=1S/C18H21NO/c20-17(16-9-4-5-14-19-16)18(11-6-12-18)13-10-15-7-2-1-3-8-15/h1-5,7-9,14,17,20H,6,10-13H2. The minimum absolute atomic E-state index is 0.0319. The van der Waals surface area contributed by atoms with E-state index in [2.05, 4.69) is 29.2 Å². The van der Waals surface area contributed by atoms with Gasteiger partial charge >= 0.3 is 0 Å². The maximum absolute atomic E-state index is 10.7. The van der Waals surface area contributed by atoms with Crippen molar-refractivity contribution in [2.45, 2.75) is 38.2 Å². The second kappa shape index (κ2) is 5.76. The van der Waals surface area contributed by atoms with E-state index in [9.17, 15) is 5.11 Å². The van der Waals surface area contributed by atoms with Gasteiger partial charge < -0.3 is 5.11 Å². The minimum Gasteiger partial charge on any atom is -0.386 e. The van der Waals surface area contributed by atoms with Gasteiger partial charge in [0.05, 0.1) is 5.69 Å². The topological polar surface area (TPSA) is 33.1 Å². The van der Waals surface area contributed by atoms with Gasteiger partial charge in [0.2, 0.25) is 0 Å². The third kappa shape index (κ3) is 2.61. The predicted octanol–water partition coefficient (Wildman–Crippen LogP) is 3.92. The lowest BCUT2D eigenvalue weighted by Crippen LogP contribution is -2.37. The first-order valence-corrected chi connectivity index (χ1v) is 7.43. The van der Waals surface area contributed by atoms with Gasteiger partial charge in [-0.3, -0.25) is 4.98 Å². The highest BCUT2D eigenvalue weighted by Crippen LogP contribution is 2.52. The molecule has 1 aliphatic rings. The van der Waals surface area contributed by atoms with Crippen molar-refractivity contribution in [3.8, 4) is 0 Å². The summed E-state index contributed by atoms with van der Waals surface area (Å²) in [4.78, 5) is 4.33. The SMILES string of the molecule is OC(c1ccccn1)C1(CCc2ccccc2)CCC1. The van der Waals surface area contributed by atoms with Gasteiger partial charge in [-0.05, 0) is 43.4 Å². The molecule has 2 heteroatoms. The summed E-state index contributed by atoms with van der Waals surface area (Å²) in [7, 11) is 0. The molecule has 1 N–H and O–H groups in total. The normalized spacial score (nSPS) is 18.2. The van der Waals surface area contributed by atoms with Crippen molar-refractivity contribution in [1.29, 1.82) is 0 Å². The van der Waals surface area contributed by atoms with Gasteiger partial charge in [0.25, 0.3) is 0 Å². The van der Waals surface area contributed by atoms with Crippen LogP contribution in [0.3, 0.4) is 0 Å². The molecule has 0 amide bonds. The molecule has 1 aliphatic carbocycles. The zero-order chi connectivity index (χ0) is 13.8. The van der Waals surface area contributed by atoms with Crippen LogP contribution >= 0.6 is 0 Å². The summed E-state index contributed by atoms with van der Waals surface area (Å²) < 4.78 is 0. The zero-order valence-electron chi connectivity index (χ0n) is 11.7. The van der Waals surface area contributed by atoms with Gasteiger partial charge in [0.15, 0.2) is 0 Å². The summed E-state index contributed by atoms with van der Waals surface area (Å²) in [6.07, 6.45) is 6.84. The van der Waals surface area contributed by atoms with Crippen LogP contribution in [0.4, 0.5) is 0 Å². The van der Waals surface area contributed by atoms with Crippen LogP contribution in [-0.2, 0) is 6.42 Å². The Kier molecular flexibility index (Phi) is 3.83. The average Bonchev–Trinajstić information content (AvgIpc) is 2.48. The number of aromatic nitrogens is 1. The van der Waals surface area contributed by atoms with Crippen LogP contribution in [0.5, 0.6) is 0 Å². The lowest BCUT2D eigenvalue weighted by Gasteiger charge is -2.45. The van der Waals surface area contributed by atoms with E-state index in [1.165, 1.54) is 12.0 Å². The van der Waals surface area contributed by atoms with Crippen molar-refractivity contribution < 1.29 is 5.11 Å². The van der Waals surface area contributed by atoms with Crippen molar-refractivity contribution in [3.63, 3.8) is 0 Å². The molecule has 0 aliphatic heterocycles. The Balaban J connectivity index is 1.71. The molecule has 3 rings (SSSR count). The monoisotopic (exact) mass is 267 g/mol. The summed E-state index contributed by atoms with van der Waals surface area (Å²) in [6.45, 7) is 0. The molecule has 0 saturated heterocycles. The molecule has 20 heavy (non-hydrogen) atoms. The van der Waals surface area contributed by atoms with Crippen molar-refractivity contribution in [2.75, 3.05) is 0 Å². The number of pyridine rings is 1. The summed E-state index contributed by atoms with van der Waals surface area (Å²) in [6, 6.07) is 16.3. The predicted molar refractivity (Wildman–Crippen MR) is 80.2 cm³/mol. The quantitative estimate of drug-likeness (QED) is 0.890. The van der Waals surface area contributed by atoms with Crippen molar-refractivity contribution in [2.24, 2.45) is 5.41 Å². The number of nitrogens with zero attached hydrogens (tertiary/aromatic N) is 1. The highest BCUT2D eigenvalue weighted by Gasteiger charge is 2.44. The number of benzene rings is 1. The number of aryl methyl sites for hydroxylation is 1. The molecule has 1 unspecified atom stereocenters. The van der Waals surface area contributed by atoms with Gasteiger partial charge in [0.1, 0.15) is 6.10 Å². The molecule has 1 saturated carbocycles. The van der Waals surface area contributed by atoms with E-state index in [4.69, 9.17) is 0 Å². The molecule has 0 radical (unpaired) electrons. The highest BCUT2D eigenvalue weighted by atomic mass is 16.3. The van der Waals surface area contributed by atoms with E-state index in [0.29, 0.717) is 0 Å². The first kappa shape index (κ1) is 13.3. The number of aliphatic hydroxyl groups excluding tert-OH is 1. The smallest absolute Gasteiger partial charge is 0.102 e. The fourth-order valence-corrected chi connectivity index (χ4v) is 3.18. The molecular formula is C18H21NO. The number of rotatable bonds is 5. The van der Waals surface area contributed by atoms with Crippen molar-refractivity contribution in [1.82, 2.24) is 4.98 Å². The molecule has 1 atom stereocenters. The fourth-order valence-electron chi connectivity index (χ4n) is 3.18. The Hall–Kier alpha value is -1.67. The summed E-state index contributed by atoms with van der Waals surface area (Å²) in [5, 5.41) is 10.7. The van der Waals surface area contributed by atoms with E-state index in [1.54, 1.807) is 6.20 Å². The van der Waals surface area contributed by atoms with E-state index >= 15 is 0 Å². The van der Waals surface area contributed by atoms with E-state index < -0.39 is 6.10 Å². The molecule has 1 fully saturated rings. The number of hydrogen-bond donors (Lipinski definition) is 1. The third-order valence-electron chi connectivity index (χ3n) is 4.65. The van der Waals surface area contributed by atoms with Crippen LogP contribution in [0.1, 0.15) is 43.0 Å². The largest absolute Gasteiger partial charge is 0.386 e. The second-order valence-corrected chi connectivity index (χ2v) is 5.86. The van der Waals surface area contributed by atoms with Crippen molar-refractivity contribution >= 4 is 0 Å². The van der Waals surface area contributed by atoms with Gasteiger partial charge in [-0.1, -0.05) is 42.8 Å². The zero-order valence-corrected chi connectivity index (χ0v) is 11.7. The minimum atomic E-state index is -0.429. The van der Waals surface area contributed by atoms with Gasteiger partial charge in [-0.25, -0.2) is 0 Å². The summed E-state index contributed by atoms with van der Waals surface area (Å²) in [5.41, 5.74) is 2.21. The Morgan fingerprint density at radius 2 is 1.80 bits per heavy atom. The Labute approximate surface area is 120 Å². The Morgan fingerprint density at radius 1 is 1.05 bits per heavy atom. The Bertz CT molecular complexity index is 534. The van der Waals surface area contributed by atoms with E-state index in [-0.39, 0.29) is 5.41 Å². The molecule has 0 bridgehead atoms. The molecule has 1 aromatic heterocycles. The number of aliphatic hydroxyl groups is 1. The van der Waals surface area contributed by atoms with Crippen LogP contribution in [0.25, 0.3) is 0 Å². The first-order valence-electron chi connectivity index (χ1n) is 7.43. The fraction of sp³-hybridized carbons (Fsp3) is 0.389. The lowest BCUT2D eigenvalue weighted by molar-refractivity contribution is -0.0457. The Morgan fingerprint density at radius 3 is 2.40 bits per heavy atom. The van der Waals surface area contributed by atoms with Crippen LogP contribution in [-0.4, -0.2) is 10.1 Å². The van der Waals surface area contributed by atoms with Crippen LogP contribution < -0.4 is 0 Å². The molecule has 1 heterocycles. The highest BCUT2D eigenvalue weighted by molar-refractivity contribution is 5.17. The van der Waals surface area contributed by atoms with Crippen molar-refractivity contribution in [3.05, 3.63) is 66.0 Å². The molecule has 2 aromatic rings. The van der Waals surface area contributed by atoms with Gasteiger partial charge in [-0.15, -0.1) is 0 Å². The molecule has 104 valence electrons. The summed E-state index contributed by atoms with van der Waals surface area (Å²) >= 11 is 0. The van der Waals surface area contributed by atoms with E-state index in [0.717, 1.165) is 31.4 Å². The summed E-state index contributed by atoms with van der Waals surface area (Å²) in [5.74, 6) is 0. The maximum atomic E-state index is 10.7. The molecular weight excluding hydrogens is 246 g/mol. The van der Waals surface area contributed by atoms with Gasteiger partial charge in [0, 0.05) is 11.6 Å². The lowest BCUT2D eigenvalue weighted by atomic mass is 9.61. The van der Waals surface area contributed by atoms with E-state index in [1.807, 2.05) is 24.3 Å². The molecule has 1 aromatic carbocycles. The van der Waals surface area contributed by atoms with Gasteiger partial charge in [-0.2, -0.15) is 0 Å². The first-order chi connectivity index (χ1) is 9.80. The van der Waals surface area contributed by atoms with Crippen LogP contribution in [0.15, 0.2) is 54.7 Å². The number of hydrogen-bond acceptors (Lipinski definition) is 2. The second-order valence-electron chi connectivity index (χ2n) is 5.86. The maximum Gasteiger partial charge on any atom is 0.102 e.